The molecule has 0 spiro atoms. The second kappa shape index (κ2) is 19.6. The third kappa shape index (κ3) is 19.4. The number of hydrogen-bond donors (Lipinski definition) is 1. The fourth-order valence-corrected chi connectivity index (χ4v) is 4.04. The fourth-order valence-electron chi connectivity index (χ4n) is 3.13. The second-order valence-electron chi connectivity index (χ2n) is 7.01. The van der Waals surface area contributed by atoms with Crippen molar-refractivity contribution in [2.24, 2.45) is 0 Å². The van der Waals surface area contributed by atoms with Crippen LogP contribution in [0.5, 0.6) is 0 Å². The topological polar surface area (TPSA) is 77.4 Å². The zero-order valence-electron chi connectivity index (χ0n) is 16.7. The number of rotatable bonds is 18. The smallest absolute Gasteiger partial charge is 0.748 e. The Bertz CT molecular complexity index is 360. The molecule has 0 aromatic heterocycles. The minimum Gasteiger partial charge on any atom is -0.748 e. The van der Waals surface area contributed by atoms with Crippen molar-refractivity contribution in [3.8, 4) is 0 Å². The molecule has 0 bridgehead atoms. The minimum atomic E-state index is -4.14. The van der Waals surface area contributed by atoms with E-state index >= 15 is 0 Å². The van der Waals surface area contributed by atoms with Crippen LogP contribution in [0.1, 0.15) is 110 Å². The predicted octanol–water partition coefficient (Wildman–Crippen LogP) is 2.16. The average Bonchev–Trinajstić information content (AvgIpc) is 2.53. The molecule has 0 saturated heterocycles. The molecular formula is C19H39NaO4S. The zero-order chi connectivity index (χ0) is 18.1. The van der Waals surface area contributed by atoms with Gasteiger partial charge in [0.05, 0.1) is 10.1 Å². The van der Waals surface area contributed by atoms with Gasteiger partial charge in [-0.1, -0.05) is 90.4 Å². The van der Waals surface area contributed by atoms with Crippen molar-refractivity contribution in [3.63, 3.8) is 0 Å². The van der Waals surface area contributed by atoms with Gasteiger partial charge in [0.1, 0.15) is 0 Å². The van der Waals surface area contributed by atoms with Gasteiger partial charge in [-0.15, -0.1) is 0 Å². The maximum atomic E-state index is 11.4. The Balaban J connectivity index is 0. The van der Waals surface area contributed by atoms with Gasteiger partial charge in [-0.3, -0.25) is 0 Å². The first-order valence-corrected chi connectivity index (χ1v) is 11.5. The van der Waals surface area contributed by atoms with Crippen LogP contribution in [0.3, 0.4) is 0 Å². The standard InChI is InChI=1S/C19H40O4S.Na/c1-2-3-4-10-13-16-19(24(21,22)23)17-14-11-8-6-5-7-9-12-15-18-20;/h19-20H,2-18H2,1H3,(H,21,22,23);/q;+1/p-1. The molecule has 6 heteroatoms. The van der Waals surface area contributed by atoms with E-state index in [0.29, 0.717) is 19.4 Å². The van der Waals surface area contributed by atoms with Crippen molar-refractivity contribution in [1.29, 1.82) is 0 Å². The van der Waals surface area contributed by atoms with E-state index in [4.69, 9.17) is 5.11 Å². The largest absolute Gasteiger partial charge is 1.00 e. The van der Waals surface area contributed by atoms with Gasteiger partial charge in [0, 0.05) is 11.9 Å². The molecule has 1 unspecified atom stereocenters. The third-order valence-electron chi connectivity index (χ3n) is 4.72. The number of hydrogen-bond acceptors (Lipinski definition) is 4. The van der Waals surface area contributed by atoms with Gasteiger partial charge < -0.3 is 9.66 Å². The van der Waals surface area contributed by atoms with Gasteiger partial charge in [-0.2, -0.15) is 0 Å². The molecule has 0 aromatic rings. The van der Waals surface area contributed by atoms with Gasteiger partial charge >= 0.3 is 29.6 Å². The van der Waals surface area contributed by atoms with Gasteiger partial charge in [0.15, 0.2) is 0 Å². The monoisotopic (exact) mass is 386 g/mol. The summed E-state index contributed by atoms with van der Waals surface area (Å²) in [7, 11) is -4.14. The van der Waals surface area contributed by atoms with E-state index in [1.165, 1.54) is 38.5 Å². The summed E-state index contributed by atoms with van der Waals surface area (Å²) >= 11 is 0. The molecule has 0 radical (unpaired) electrons. The van der Waals surface area contributed by atoms with Gasteiger partial charge in [-0.25, -0.2) is 8.42 Å². The first-order valence-electron chi connectivity index (χ1n) is 10.1. The molecule has 0 fully saturated rings. The molecule has 1 N–H and O–H groups in total. The Hall–Kier alpha value is 0.870. The summed E-state index contributed by atoms with van der Waals surface area (Å²) in [5.74, 6) is 0. The Morgan fingerprint density at radius 2 is 1.08 bits per heavy atom. The van der Waals surface area contributed by atoms with Gasteiger partial charge in [-0.05, 0) is 19.3 Å². The zero-order valence-corrected chi connectivity index (χ0v) is 19.5. The molecule has 0 rings (SSSR count). The van der Waals surface area contributed by atoms with Gasteiger partial charge in [0.25, 0.3) is 0 Å². The molecule has 0 aliphatic carbocycles. The molecular weight excluding hydrogens is 347 g/mol. The van der Waals surface area contributed by atoms with Crippen molar-refractivity contribution < 1.29 is 47.6 Å². The summed E-state index contributed by atoms with van der Waals surface area (Å²) in [6.07, 6.45) is 16.3. The maximum absolute atomic E-state index is 11.4. The summed E-state index contributed by atoms with van der Waals surface area (Å²) in [4.78, 5) is 0. The average molecular weight is 387 g/mol. The Morgan fingerprint density at radius 1 is 0.720 bits per heavy atom. The fraction of sp³-hybridized carbons (Fsp3) is 1.00. The molecule has 0 amide bonds. The second-order valence-corrected chi connectivity index (χ2v) is 8.66. The maximum Gasteiger partial charge on any atom is 1.00 e. The van der Waals surface area contributed by atoms with E-state index in [1.807, 2.05) is 0 Å². The van der Waals surface area contributed by atoms with Gasteiger partial charge in [0.2, 0.25) is 0 Å². The summed E-state index contributed by atoms with van der Waals surface area (Å²) in [5.41, 5.74) is 0. The van der Waals surface area contributed by atoms with Crippen LogP contribution >= 0.6 is 0 Å². The van der Waals surface area contributed by atoms with Crippen molar-refractivity contribution in [1.82, 2.24) is 0 Å². The molecule has 0 heterocycles. The third-order valence-corrected chi connectivity index (χ3v) is 6.01. The molecule has 0 saturated carbocycles. The number of aliphatic hydroxyl groups excluding tert-OH is 1. The van der Waals surface area contributed by atoms with Crippen LogP contribution in [0.2, 0.25) is 0 Å². The summed E-state index contributed by atoms with van der Waals surface area (Å²) < 4.78 is 34.1. The Labute approximate surface area is 178 Å². The SMILES string of the molecule is CCCCCCCC(CCCCCCCCCCCO)S(=O)(=O)[O-].[Na+]. The molecule has 0 aliphatic heterocycles. The molecule has 4 nitrogen and oxygen atoms in total. The first-order chi connectivity index (χ1) is 11.5. The van der Waals surface area contributed by atoms with Crippen LogP contribution in [0.15, 0.2) is 0 Å². The van der Waals surface area contributed by atoms with E-state index in [-0.39, 0.29) is 29.6 Å². The van der Waals surface area contributed by atoms with Crippen LogP contribution < -0.4 is 29.6 Å². The van der Waals surface area contributed by atoms with Crippen LogP contribution in [-0.2, 0) is 10.1 Å². The number of unbranched alkanes of at least 4 members (excludes halogenated alkanes) is 12. The summed E-state index contributed by atoms with van der Waals surface area (Å²) in [6, 6.07) is 0. The molecule has 146 valence electrons. The predicted molar refractivity (Wildman–Crippen MR) is 100 cm³/mol. The Morgan fingerprint density at radius 3 is 1.44 bits per heavy atom. The van der Waals surface area contributed by atoms with Crippen molar-refractivity contribution in [2.45, 2.75) is 115 Å². The van der Waals surface area contributed by atoms with Crippen molar-refractivity contribution >= 4 is 10.1 Å². The van der Waals surface area contributed by atoms with E-state index in [9.17, 15) is 13.0 Å². The quantitative estimate of drug-likeness (QED) is 0.222. The van der Waals surface area contributed by atoms with E-state index in [1.54, 1.807) is 0 Å². The molecule has 1 atom stereocenters. The van der Waals surface area contributed by atoms with Crippen LogP contribution in [0.25, 0.3) is 0 Å². The summed E-state index contributed by atoms with van der Waals surface area (Å²) in [6.45, 7) is 2.45. The Kier molecular flexibility index (Phi) is 22.0. The van der Waals surface area contributed by atoms with Crippen molar-refractivity contribution in [2.75, 3.05) is 6.61 Å². The van der Waals surface area contributed by atoms with E-state index in [0.717, 1.165) is 51.4 Å². The van der Waals surface area contributed by atoms with Crippen LogP contribution in [0.4, 0.5) is 0 Å². The van der Waals surface area contributed by atoms with E-state index < -0.39 is 15.4 Å². The summed E-state index contributed by atoms with van der Waals surface area (Å²) in [5, 5.41) is 8.03. The minimum absolute atomic E-state index is 0. The van der Waals surface area contributed by atoms with Crippen LogP contribution in [0, 0.1) is 0 Å². The van der Waals surface area contributed by atoms with E-state index in [2.05, 4.69) is 6.92 Å². The normalized spacial score (nSPS) is 12.8. The molecule has 0 aliphatic rings. The molecule has 25 heavy (non-hydrogen) atoms. The number of aliphatic hydroxyl groups is 1. The van der Waals surface area contributed by atoms with Crippen LogP contribution in [-0.4, -0.2) is 29.9 Å². The first kappa shape index (κ1) is 28.1. The van der Waals surface area contributed by atoms with Crippen molar-refractivity contribution in [3.05, 3.63) is 0 Å². The molecule has 0 aromatic carbocycles.